The number of carbonyl (C=O) groups excluding carboxylic acids is 11. The van der Waals surface area contributed by atoms with Crippen molar-refractivity contribution in [2.24, 2.45) is 106 Å². The second-order valence-corrected chi connectivity index (χ2v) is 44.4. The van der Waals surface area contributed by atoms with E-state index in [0.29, 0.717) is 81.0 Å². The Hall–Kier alpha value is -4.53. The van der Waals surface area contributed by atoms with Crippen molar-refractivity contribution in [3.8, 4) is 0 Å². The molecule has 10 aliphatic carbocycles. The highest BCUT2D eigenvalue weighted by Gasteiger charge is 2.76. The number of hydrogen-bond acceptors (Lipinski definition) is 32. The summed E-state index contributed by atoms with van der Waals surface area (Å²) in [7, 11) is 6.64. The van der Waals surface area contributed by atoms with Crippen molar-refractivity contribution < 1.29 is 139 Å². The van der Waals surface area contributed by atoms with E-state index >= 15 is 13.2 Å². The third kappa shape index (κ3) is 18.2. The van der Waals surface area contributed by atoms with E-state index in [2.05, 4.69) is 28.6 Å². The molecule has 0 spiro atoms. The molecule has 8 N–H and O–H groups in total. The van der Waals surface area contributed by atoms with Crippen LogP contribution >= 0.6 is 58.8 Å². The molecule has 10 saturated carbocycles. The van der Waals surface area contributed by atoms with Crippen LogP contribution in [0.25, 0.3) is 0 Å². The predicted molar refractivity (Wildman–Crippen MR) is 447 cm³/mol. The van der Waals surface area contributed by atoms with E-state index in [0.717, 1.165) is 37.9 Å². The molecule has 0 aromatic carbocycles. The van der Waals surface area contributed by atoms with Crippen LogP contribution in [0.2, 0.25) is 0 Å². The molecule has 0 aromatic heterocycles. The molecule has 0 bridgehead atoms. The van der Waals surface area contributed by atoms with E-state index in [9.17, 15) is 78.3 Å². The molecule has 0 aromatic rings. The van der Waals surface area contributed by atoms with E-state index in [1.54, 1.807) is 32.5 Å². The normalized spacial score (nSPS) is 43.3. The molecule has 0 radical (unpaired) electrons. The van der Waals surface area contributed by atoms with E-state index in [-0.39, 0.29) is 131 Å². The van der Waals surface area contributed by atoms with Crippen LogP contribution in [0.3, 0.4) is 0 Å². The maximum atomic E-state index is 15.3. The minimum atomic E-state index is -1.58. The largest absolute Gasteiger partial charge is 0.469 e. The van der Waals surface area contributed by atoms with E-state index in [1.807, 2.05) is 20.8 Å². The van der Waals surface area contributed by atoms with Gasteiger partial charge in [-0.05, 0) is 189 Å². The number of carbonyl (C=O) groups is 11. The van der Waals surface area contributed by atoms with E-state index in [1.165, 1.54) is 103 Å². The van der Waals surface area contributed by atoms with Gasteiger partial charge in [-0.3, -0.25) is 47.9 Å². The summed E-state index contributed by atoms with van der Waals surface area (Å²) in [5.41, 5.74) is -4.64. The van der Waals surface area contributed by atoms with Gasteiger partial charge in [0.1, 0.15) is 111 Å². The van der Waals surface area contributed by atoms with Crippen LogP contribution < -0.4 is 11.1 Å². The van der Waals surface area contributed by atoms with Gasteiger partial charge < -0.3 is 84.0 Å². The number of nitrogens with two attached hydrogens (primary N) is 1. The lowest BCUT2D eigenvalue weighted by Gasteiger charge is -2.47. The molecule has 5 aliphatic heterocycles. The van der Waals surface area contributed by atoms with Crippen LogP contribution in [-0.2, 0) is 100 Å². The lowest BCUT2D eigenvalue weighted by atomic mass is 9.65. The number of alkyl halides is 3. The number of aliphatic hydroxyl groups is 5. The molecule has 690 valence electrons. The molecular weight excluding hydrogens is 1690 g/mol. The van der Waals surface area contributed by atoms with Crippen molar-refractivity contribution in [2.45, 2.75) is 299 Å². The molecule has 15 aliphatic rings. The summed E-state index contributed by atoms with van der Waals surface area (Å²) in [5.74, 6) is -6.83. The van der Waals surface area contributed by atoms with Gasteiger partial charge in [-0.15, -0.1) is 0 Å². The maximum absolute atomic E-state index is 15.3. The second-order valence-electron chi connectivity index (χ2n) is 38.3. The van der Waals surface area contributed by atoms with Gasteiger partial charge in [-0.2, -0.15) is 58.8 Å². The highest BCUT2D eigenvalue weighted by molar-refractivity contribution is 8.01. The molecule has 36 heteroatoms. The summed E-state index contributed by atoms with van der Waals surface area (Å²) in [4.78, 5) is 132. The molecule has 28 nitrogen and oxygen atoms in total. The molecule has 15 fully saturated rings. The van der Waals surface area contributed by atoms with Gasteiger partial charge in [-0.1, -0.05) is 55.4 Å². The SMILES string of the molecule is COC(=O)[C@@H](C)CCS[C@H]1C2C(=O)O[C@@H]3CC[C@H](C[C@@H]1C)[C@]23O.COC(=O)[C@@H](C)CCS[C@H]1C2C(=O)O[C@@H]3CC[C@H](C[C@]1(C)F)[C@]23O.COC(=O)[C@@H](C)CS[C@H]1C2C(=O)O[C@@H]3CC[C@H](C[C@@]1(C)F)[C@]23O.COC(=O)[C@@H](C)CS[C@H]1C2C(=O)O[C@@H]3CC[C@H](C[C@]1(C)F)[C@]23O.COC(=O)[C@H](CS[C@H]1C2C(=O)O[C@@H]3CC[C@H](C[C@@H]1C)[C@]23O)NC(=O)[C@@H](N)C(C)C. The Morgan fingerprint density at radius 2 is 0.689 bits per heavy atom. The van der Waals surface area contributed by atoms with Crippen molar-refractivity contribution in [1.82, 2.24) is 5.32 Å². The number of esters is 10. The van der Waals surface area contributed by atoms with Crippen LogP contribution in [0.1, 0.15) is 185 Å². The molecule has 5 heterocycles. The molecule has 5 saturated heterocycles. The lowest BCUT2D eigenvalue weighted by molar-refractivity contribution is -0.147. The molecule has 122 heavy (non-hydrogen) atoms. The van der Waals surface area contributed by atoms with E-state index in [4.69, 9.17) is 43.6 Å². The number of thioether (sulfide) groups is 5. The highest BCUT2D eigenvalue weighted by Crippen LogP contribution is 2.65. The van der Waals surface area contributed by atoms with Gasteiger partial charge in [0.2, 0.25) is 5.91 Å². The van der Waals surface area contributed by atoms with Crippen LogP contribution in [0.15, 0.2) is 0 Å². The Balaban J connectivity index is 0.000000149. The summed E-state index contributed by atoms with van der Waals surface area (Å²) in [6.45, 7) is 19.4. The van der Waals surface area contributed by atoms with Gasteiger partial charge in [0.05, 0.1) is 81.0 Å². The van der Waals surface area contributed by atoms with Gasteiger partial charge in [0.25, 0.3) is 0 Å². The smallest absolute Gasteiger partial charge is 0.329 e. The number of halogens is 3. The average Bonchev–Trinajstić information content (AvgIpc) is 1.56. The first kappa shape index (κ1) is 98.1. The van der Waals surface area contributed by atoms with Crippen molar-refractivity contribution >= 4 is 124 Å². The molecular formula is C86H129F3N2O26S5. The first-order valence-electron chi connectivity index (χ1n) is 43.4. The fraction of sp³-hybridized carbons (Fsp3) is 0.872. The monoisotopic (exact) mass is 1820 g/mol. The van der Waals surface area contributed by atoms with Gasteiger partial charge in [0, 0.05) is 27.8 Å². The zero-order valence-electron chi connectivity index (χ0n) is 72.9. The van der Waals surface area contributed by atoms with E-state index < -0.39 is 168 Å². The minimum Gasteiger partial charge on any atom is -0.469 e. The fourth-order valence-electron chi connectivity index (χ4n) is 23.2. The summed E-state index contributed by atoms with van der Waals surface area (Å²) in [5, 5.41) is 56.3. The number of methoxy groups -OCH3 is 5. The molecule has 1 amide bonds. The minimum absolute atomic E-state index is 0.0657. The third-order valence-corrected chi connectivity index (χ3v) is 38.4. The van der Waals surface area contributed by atoms with Gasteiger partial charge >= 0.3 is 59.7 Å². The topological polar surface area (TPSA) is 419 Å². The van der Waals surface area contributed by atoms with Crippen LogP contribution in [0.4, 0.5) is 13.2 Å². The zero-order valence-corrected chi connectivity index (χ0v) is 76.9. The molecule has 15 rings (SSSR count). The maximum Gasteiger partial charge on any atom is 0.329 e. The molecule has 36 atom stereocenters. The standard InChI is InChI=1S/C20H32N2O6S.C17H25FO5S.C17H26O5S.2C16H23FO5S/c1-9(2)15(21)17(23)22-12(18(24)27-4)8-29-16-10(3)7-11-5-6-13-20(11,26)14(16)19(25)28-13;1-9(14(19)22-3)6-7-24-13-12-15(20)23-11-5-4-10(17(11,12)21)8-16(13,2)18;1-9(15(18)21-3)6-7-23-14-10(2)8-11-4-5-12-17(11,20)13(14)16(19)22-12;2*1-8(13(18)21-3)7-23-12-11-14(19)22-10-5-4-9(16(10,11)20)6-15(12,2)17/h9-16,26H,5-8,21H2,1-4H3,(H,22,23);9-13,21H,4-8H2,1-3H3;9-14,20H,4-8H2,1-3H3;2*8-12,20H,4-7H2,1-3H3/t10-,11+,12-,13+,14?,15-,16+,20+;9-,10+,11+,12?,13-,16-,17+;9-,10-,11+,12+,13?,14+,17+;8-,9+,10+,11?,12-,15+,16+;8-,9+,10+,11?,12-,15-,16+/m00000/s1. The first-order valence-corrected chi connectivity index (χ1v) is 48.6. The average molecular weight is 1820 g/mol. The summed E-state index contributed by atoms with van der Waals surface area (Å²) in [6.07, 6.45) is 8.59. The highest BCUT2D eigenvalue weighted by atomic mass is 32.2. The Morgan fingerprint density at radius 1 is 0.410 bits per heavy atom. The third-order valence-electron chi connectivity index (χ3n) is 30.0. The zero-order chi connectivity index (χ0) is 90.0. The number of ether oxygens (including phenoxy) is 10. The van der Waals surface area contributed by atoms with Crippen molar-refractivity contribution in [1.29, 1.82) is 0 Å². The van der Waals surface area contributed by atoms with Crippen molar-refractivity contribution in [3.05, 3.63) is 0 Å². The van der Waals surface area contributed by atoms with Crippen LogP contribution in [0.5, 0.6) is 0 Å². The number of rotatable bonds is 25. The predicted octanol–water partition coefficient (Wildman–Crippen LogP) is 7.99. The lowest BCUT2D eigenvalue weighted by Crippen LogP contribution is -2.60. The second kappa shape index (κ2) is 38.3. The Bertz CT molecular complexity index is 3780. The summed E-state index contributed by atoms with van der Waals surface area (Å²) < 4.78 is 96.5. The first-order chi connectivity index (χ1) is 57.1. The Morgan fingerprint density at radius 3 is 1.01 bits per heavy atom. The van der Waals surface area contributed by atoms with Crippen molar-refractivity contribution in [2.75, 3.05) is 64.3 Å². The Labute approximate surface area is 734 Å². The fourth-order valence-corrected chi connectivity index (χ4v) is 31.5. The number of nitrogens with one attached hydrogen (secondary N) is 1. The quantitative estimate of drug-likeness (QED) is 0.0336. The number of hydrogen-bond donors (Lipinski definition) is 7. The summed E-state index contributed by atoms with van der Waals surface area (Å²) >= 11 is 6.90. The van der Waals surface area contributed by atoms with Gasteiger partial charge in [0.15, 0.2) is 0 Å². The number of amides is 1. The summed E-state index contributed by atoms with van der Waals surface area (Å²) in [6, 6.07) is -1.61. The van der Waals surface area contributed by atoms with Crippen molar-refractivity contribution in [3.63, 3.8) is 0 Å². The van der Waals surface area contributed by atoms with Gasteiger partial charge in [-0.25, -0.2) is 18.0 Å². The van der Waals surface area contributed by atoms with Crippen LogP contribution in [0, 0.1) is 101 Å². The van der Waals surface area contributed by atoms with Crippen LogP contribution in [-0.4, -0.2) is 269 Å². The Kier molecular flexibility index (Phi) is 30.8. The molecule has 5 unspecified atom stereocenters.